The fraction of sp³-hybridized carbons (Fsp3) is 0.500. The minimum atomic E-state index is -0.497. The van der Waals surface area contributed by atoms with Crippen molar-refractivity contribution < 1.29 is 14.3 Å². The Labute approximate surface area is 66.0 Å². The summed E-state index contributed by atoms with van der Waals surface area (Å²) in [5.41, 5.74) is 0. The van der Waals surface area contributed by atoms with Crippen molar-refractivity contribution in [2.24, 2.45) is 0 Å². The second kappa shape index (κ2) is 5.80. The molecule has 0 bridgehead atoms. The Bertz CT molecular complexity index is 151. The topological polar surface area (TPSA) is 43.4 Å². The molecule has 0 N–H and O–H groups in total. The first-order valence-electron chi connectivity index (χ1n) is 3.40. The van der Waals surface area contributed by atoms with Crippen molar-refractivity contribution in [3.8, 4) is 0 Å². The molecule has 0 amide bonds. The molecular formula is C8H12O3. The van der Waals surface area contributed by atoms with Gasteiger partial charge in [-0.25, -0.2) is 0 Å². The maximum atomic E-state index is 10.8. The van der Waals surface area contributed by atoms with Crippen LogP contribution in [0.3, 0.4) is 0 Å². The third-order valence-electron chi connectivity index (χ3n) is 1.07. The Morgan fingerprint density at radius 1 is 1.73 bits per heavy atom. The first-order valence-corrected chi connectivity index (χ1v) is 3.40. The van der Waals surface area contributed by atoms with Crippen molar-refractivity contribution in [2.75, 3.05) is 6.61 Å². The molecule has 0 aromatic heterocycles. The van der Waals surface area contributed by atoms with Gasteiger partial charge in [0.25, 0.3) is 0 Å². The van der Waals surface area contributed by atoms with Crippen LogP contribution in [0.2, 0.25) is 0 Å². The zero-order chi connectivity index (χ0) is 8.69. The molecule has 0 radical (unpaired) electrons. The van der Waals surface area contributed by atoms with Gasteiger partial charge in [-0.15, -0.1) is 6.58 Å². The summed E-state index contributed by atoms with van der Waals surface area (Å²) in [4.78, 5) is 20.8. The number of carbonyl (C=O) groups is 2. The Morgan fingerprint density at radius 2 is 2.36 bits per heavy atom. The second-order valence-electron chi connectivity index (χ2n) is 2.18. The lowest BCUT2D eigenvalue weighted by atomic mass is 10.3. The van der Waals surface area contributed by atoms with Crippen molar-refractivity contribution in [3.05, 3.63) is 12.7 Å². The summed E-state index contributed by atoms with van der Waals surface area (Å²) in [6.07, 6.45) is 1.97. The van der Waals surface area contributed by atoms with Crippen LogP contribution in [0.5, 0.6) is 0 Å². The summed E-state index contributed by atoms with van der Waals surface area (Å²) < 4.78 is 4.84. The van der Waals surface area contributed by atoms with E-state index in [0.717, 1.165) is 0 Å². The zero-order valence-corrected chi connectivity index (χ0v) is 6.58. The van der Waals surface area contributed by atoms with Gasteiger partial charge in [0, 0.05) is 6.42 Å². The van der Waals surface area contributed by atoms with E-state index in [9.17, 15) is 9.59 Å². The maximum absolute atomic E-state index is 10.8. The molecule has 0 saturated heterocycles. The minimum absolute atomic E-state index is 0.00801. The number of ketones is 1. The molecule has 0 aliphatic carbocycles. The summed E-state index contributed by atoms with van der Waals surface area (Å²) in [6.45, 7) is 4.99. The van der Waals surface area contributed by atoms with Gasteiger partial charge in [-0.2, -0.15) is 0 Å². The van der Waals surface area contributed by atoms with Gasteiger partial charge in [-0.1, -0.05) is 6.08 Å². The number of rotatable bonds is 6. The molecule has 0 aromatic carbocycles. The summed E-state index contributed by atoms with van der Waals surface area (Å²) >= 11 is 0. The van der Waals surface area contributed by atoms with Crippen LogP contribution in [0.25, 0.3) is 0 Å². The van der Waals surface area contributed by atoms with Crippen LogP contribution in [0.15, 0.2) is 12.7 Å². The summed E-state index contributed by atoms with van der Waals surface area (Å²) in [5, 5.41) is 0. The Morgan fingerprint density at radius 3 is 2.82 bits per heavy atom. The first-order chi connectivity index (χ1) is 5.20. The zero-order valence-electron chi connectivity index (χ0n) is 6.58. The highest BCUT2D eigenvalue weighted by Crippen LogP contribution is 1.89. The average molecular weight is 156 g/mol. The number of Topliss-reactive ketones (excluding diaryl/α,β-unsaturated/α-hetero) is 1. The fourth-order valence-corrected chi connectivity index (χ4v) is 0.484. The van der Waals surface area contributed by atoms with Crippen molar-refractivity contribution in [1.29, 1.82) is 0 Å². The smallest absolute Gasteiger partial charge is 0.162 e. The molecule has 0 spiro atoms. The number of carbonyl (C=O) groups excluding carboxylic acids is 2. The van der Waals surface area contributed by atoms with E-state index in [1.165, 1.54) is 6.08 Å². The quantitative estimate of drug-likeness (QED) is 0.420. The van der Waals surface area contributed by atoms with Gasteiger partial charge in [-0.05, 0) is 6.92 Å². The Balaban J connectivity index is 3.44. The molecule has 3 heteroatoms. The monoisotopic (exact) mass is 156 g/mol. The normalized spacial score (nSPS) is 12.1. The molecule has 0 rings (SSSR count). The van der Waals surface area contributed by atoms with Gasteiger partial charge in [0.1, 0.15) is 19.0 Å². The first kappa shape index (κ1) is 10.0. The molecule has 0 aromatic rings. The van der Waals surface area contributed by atoms with E-state index < -0.39 is 6.10 Å². The van der Waals surface area contributed by atoms with Crippen LogP contribution in [0, 0.1) is 0 Å². The van der Waals surface area contributed by atoms with Gasteiger partial charge in [-0.3, -0.25) is 4.79 Å². The van der Waals surface area contributed by atoms with E-state index in [4.69, 9.17) is 4.74 Å². The molecule has 62 valence electrons. The van der Waals surface area contributed by atoms with Gasteiger partial charge < -0.3 is 9.53 Å². The molecule has 0 fully saturated rings. The van der Waals surface area contributed by atoms with Gasteiger partial charge in [0.15, 0.2) is 5.78 Å². The molecule has 11 heavy (non-hydrogen) atoms. The summed E-state index contributed by atoms with van der Waals surface area (Å²) in [5.74, 6) is -0.0614. The van der Waals surface area contributed by atoms with Crippen molar-refractivity contribution in [1.82, 2.24) is 0 Å². The summed E-state index contributed by atoms with van der Waals surface area (Å²) in [6, 6.07) is 0. The van der Waals surface area contributed by atoms with Crippen LogP contribution in [-0.2, 0) is 14.3 Å². The molecule has 1 unspecified atom stereocenters. The van der Waals surface area contributed by atoms with Crippen molar-refractivity contribution in [3.63, 3.8) is 0 Å². The predicted molar refractivity (Wildman–Crippen MR) is 41.3 cm³/mol. The van der Waals surface area contributed by atoms with Crippen LogP contribution >= 0.6 is 0 Å². The largest absolute Gasteiger partial charge is 0.363 e. The lowest BCUT2D eigenvalue weighted by Gasteiger charge is -2.03. The minimum Gasteiger partial charge on any atom is -0.363 e. The van der Waals surface area contributed by atoms with Gasteiger partial charge >= 0.3 is 0 Å². The van der Waals surface area contributed by atoms with Gasteiger partial charge in [0.2, 0.25) is 0 Å². The van der Waals surface area contributed by atoms with E-state index in [1.54, 1.807) is 6.92 Å². The fourth-order valence-electron chi connectivity index (χ4n) is 0.484. The SMILES string of the molecule is C=CCC(=O)COC(C)C=O. The molecule has 1 atom stereocenters. The van der Waals surface area contributed by atoms with Crippen LogP contribution in [0.1, 0.15) is 13.3 Å². The molecule has 0 saturated carbocycles. The Kier molecular flexibility index (Phi) is 5.29. The highest BCUT2D eigenvalue weighted by Gasteiger charge is 2.02. The summed E-state index contributed by atoms with van der Waals surface area (Å²) in [7, 11) is 0. The highest BCUT2D eigenvalue weighted by molar-refractivity contribution is 5.81. The van der Waals surface area contributed by atoms with E-state index in [2.05, 4.69) is 6.58 Å². The van der Waals surface area contributed by atoms with Crippen LogP contribution in [0.4, 0.5) is 0 Å². The second-order valence-corrected chi connectivity index (χ2v) is 2.18. The molecule has 3 nitrogen and oxygen atoms in total. The number of ether oxygens (including phenoxy) is 1. The van der Waals surface area contributed by atoms with E-state index >= 15 is 0 Å². The molecule has 0 aliphatic rings. The van der Waals surface area contributed by atoms with E-state index in [0.29, 0.717) is 12.7 Å². The Hall–Kier alpha value is -0.960. The highest BCUT2D eigenvalue weighted by atomic mass is 16.5. The van der Waals surface area contributed by atoms with Crippen molar-refractivity contribution >= 4 is 12.1 Å². The number of hydrogen-bond donors (Lipinski definition) is 0. The molecular weight excluding hydrogens is 144 g/mol. The van der Waals surface area contributed by atoms with Crippen LogP contribution < -0.4 is 0 Å². The predicted octanol–water partition coefficient (Wildman–Crippen LogP) is 0.736. The molecule has 0 heterocycles. The third kappa shape index (κ3) is 5.48. The van der Waals surface area contributed by atoms with E-state index in [-0.39, 0.29) is 12.4 Å². The number of allylic oxidation sites excluding steroid dienone is 1. The third-order valence-corrected chi connectivity index (χ3v) is 1.07. The van der Waals surface area contributed by atoms with Crippen LogP contribution in [-0.4, -0.2) is 24.8 Å². The van der Waals surface area contributed by atoms with Crippen molar-refractivity contribution in [2.45, 2.75) is 19.4 Å². The van der Waals surface area contributed by atoms with Gasteiger partial charge in [0.05, 0.1) is 0 Å². The average Bonchev–Trinajstić information content (AvgIpc) is 2.01. The van der Waals surface area contributed by atoms with E-state index in [1.807, 2.05) is 0 Å². The number of aldehydes is 1. The maximum Gasteiger partial charge on any atom is 0.162 e. The number of hydrogen-bond acceptors (Lipinski definition) is 3. The lowest BCUT2D eigenvalue weighted by molar-refractivity contribution is -0.127. The standard InChI is InChI=1S/C8H12O3/c1-3-4-8(10)6-11-7(2)5-9/h3,5,7H,1,4,6H2,2H3. The molecule has 0 aliphatic heterocycles. The lowest BCUT2D eigenvalue weighted by Crippen LogP contribution is -2.15.